The largest absolute Gasteiger partial charge is 0.488 e. The van der Waals surface area contributed by atoms with Crippen molar-refractivity contribution >= 4 is 39.9 Å². The quantitative estimate of drug-likeness (QED) is 0.320. The molecule has 0 bridgehead atoms. The molecule has 4 rings (SSSR count). The van der Waals surface area contributed by atoms with Crippen LogP contribution in [0.1, 0.15) is 28.4 Å². The number of carbonyl (C=O) groups is 2. The third-order valence-electron chi connectivity index (χ3n) is 4.96. The van der Waals surface area contributed by atoms with E-state index in [1.807, 2.05) is 47.8 Å². The Labute approximate surface area is 206 Å². The van der Waals surface area contributed by atoms with Crippen LogP contribution < -0.4 is 15.4 Å². The van der Waals surface area contributed by atoms with E-state index in [-0.39, 0.29) is 11.8 Å². The highest BCUT2D eigenvalue weighted by Gasteiger charge is 2.15. The molecule has 4 aromatic rings. The number of nitrogens with one attached hydrogen (secondary N) is 2. The molecule has 0 aliphatic heterocycles. The summed E-state index contributed by atoms with van der Waals surface area (Å²) < 4.78 is 5.90. The van der Waals surface area contributed by atoms with Crippen LogP contribution in [-0.2, 0) is 17.9 Å². The molecule has 34 heavy (non-hydrogen) atoms. The number of amides is 2. The minimum Gasteiger partial charge on any atom is -0.488 e. The monoisotopic (exact) mass is 491 g/mol. The summed E-state index contributed by atoms with van der Waals surface area (Å²) in [5, 5.41) is 8.68. The van der Waals surface area contributed by atoms with Gasteiger partial charge in [0.1, 0.15) is 12.4 Å². The first-order valence-corrected chi connectivity index (χ1v) is 11.8. The van der Waals surface area contributed by atoms with Gasteiger partial charge in [0, 0.05) is 29.4 Å². The van der Waals surface area contributed by atoms with E-state index < -0.39 is 0 Å². The third kappa shape index (κ3) is 6.21. The Balaban J connectivity index is 1.41. The van der Waals surface area contributed by atoms with Gasteiger partial charge < -0.3 is 10.1 Å². The van der Waals surface area contributed by atoms with Crippen molar-refractivity contribution in [3.8, 4) is 17.0 Å². The second kappa shape index (κ2) is 11.0. The van der Waals surface area contributed by atoms with Crippen molar-refractivity contribution < 1.29 is 14.3 Å². The third-order valence-corrected chi connectivity index (χ3v) is 5.96. The Morgan fingerprint density at radius 3 is 2.41 bits per heavy atom. The average molecular weight is 492 g/mol. The van der Waals surface area contributed by atoms with Crippen molar-refractivity contribution in [2.24, 2.45) is 0 Å². The molecule has 0 aliphatic rings. The smallest absolute Gasteiger partial charge is 0.261 e. The fourth-order valence-electron chi connectivity index (χ4n) is 3.17. The molecule has 6 nitrogen and oxygen atoms in total. The number of aromatic nitrogens is 1. The Morgan fingerprint density at radius 2 is 1.68 bits per heavy atom. The number of para-hydroxylation sites is 1. The standard InChI is InChI=1S/C26H22ClN3O3S/c1-17(31)28-14-18-6-10-20(11-7-18)23-16-34-26(29-23)30-25(32)22-4-2-3-5-24(22)33-15-19-8-12-21(27)13-9-19/h2-13,16H,14-15H2,1H3,(H,28,31)(H,29,30,32). The molecule has 0 spiro atoms. The van der Waals surface area contributed by atoms with Crippen LogP contribution in [0.2, 0.25) is 5.02 Å². The van der Waals surface area contributed by atoms with Gasteiger partial charge in [0.05, 0.1) is 11.3 Å². The lowest BCUT2D eigenvalue weighted by Crippen LogP contribution is -2.18. The fraction of sp³-hybridized carbons (Fsp3) is 0.115. The normalized spacial score (nSPS) is 10.5. The molecule has 0 radical (unpaired) electrons. The number of benzene rings is 3. The molecule has 3 aromatic carbocycles. The zero-order chi connectivity index (χ0) is 23.9. The van der Waals surface area contributed by atoms with Crippen LogP contribution in [0, 0.1) is 0 Å². The van der Waals surface area contributed by atoms with Crippen molar-refractivity contribution in [3.63, 3.8) is 0 Å². The van der Waals surface area contributed by atoms with Gasteiger partial charge in [0.2, 0.25) is 5.91 Å². The molecule has 1 heterocycles. The minimum absolute atomic E-state index is 0.0686. The molecular formula is C26H22ClN3O3S. The van der Waals surface area contributed by atoms with Crippen LogP contribution in [0.4, 0.5) is 5.13 Å². The van der Waals surface area contributed by atoms with Crippen molar-refractivity contribution in [2.75, 3.05) is 5.32 Å². The van der Waals surface area contributed by atoms with E-state index in [1.165, 1.54) is 18.3 Å². The van der Waals surface area contributed by atoms with E-state index >= 15 is 0 Å². The van der Waals surface area contributed by atoms with Gasteiger partial charge in [0.15, 0.2) is 5.13 Å². The van der Waals surface area contributed by atoms with Crippen molar-refractivity contribution in [3.05, 3.63) is 99.9 Å². The van der Waals surface area contributed by atoms with Crippen LogP contribution in [0.15, 0.2) is 78.2 Å². The number of thiazole rings is 1. The molecule has 2 N–H and O–H groups in total. The predicted octanol–water partition coefficient (Wildman–Crippen LogP) is 5.93. The molecule has 0 saturated heterocycles. The molecule has 2 amide bonds. The summed E-state index contributed by atoms with van der Waals surface area (Å²) in [6, 6.07) is 22.2. The number of halogens is 1. The van der Waals surface area contributed by atoms with Crippen LogP contribution >= 0.6 is 22.9 Å². The highest BCUT2D eigenvalue weighted by Crippen LogP contribution is 2.27. The molecular weight excluding hydrogens is 470 g/mol. The maximum atomic E-state index is 12.9. The number of anilines is 1. The lowest BCUT2D eigenvalue weighted by atomic mass is 10.1. The lowest BCUT2D eigenvalue weighted by molar-refractivity contribution is -0.119. The lowest BCUT2D eigenvalue weighted by Gasteiger charge is -2.11. The Morgan fingerprint density at radius 1 is 0.971 bits per heavy atom. The molecule has 8 heteroatoms. The highest BCUT2D eigenvalue weighted by molar-refractivity contribution is 7.14. The number of hydrogen-bond donors (Lipinski definition) is 2. The van der Waals surface area contributed by atoms with Crippen LogP contribution in [0.5, 0.6) is 5.75 Å². The Bertz CT molecular complexity index is 1290. The van der Waals surface area contributed by atoms with E-state index in [0.29, 0.717) is 34.6 Å². The summed E-state index contributed by atoms with van der Waals surface area (Å²) in [7, 11) is 0. The van der Waals surface area contributed by atoms with Crippen LogP contribution in [-0.4, -0.2) is 16.8 Å². The first kappa shape index (κ1) is 23.5. The molecule has 0 atom stereocenters. The van der Waals surface area contributed by atoms with Gasteiger partial charge in [0.25, 0.3) is 5.91 Å². The number of rotatable bonds is 8. The predicted molar refractivity (Wildman–Crippen MR) is 135 cm³/mol. The average Bonchev–Trinajstić information content (AvgIpc) is 3.31. The minimum atomic E-state index is -0.293. The first-order chi connectivity index (χ1) is 16.5. The second-order valence-electron chi connectivity index (χ2n) is 7.51. The SMILES string of the molecule is CC(=O)NCc1ccc(-c2csc(NC(=O)c3ccccc3OCc3ccc(Cl)cc3)n2)cc1. The van der Waals surface area contributed by atoms with E-state index in [0.717, 1.165) is 22.4 Å². The van der Waals surface area contributed by atoms with Gasteiger partial charge in [-0.1, -0.05) is 60.1 Å². The van der Waals surface area contributed by atoms with E-state index in [2.05, 4.69) is 15.6 Å². The highest BCUT2D eigenvalue weighted by atomic mass is 35.5. The van der Waals surface area contributed by atoms with Crippen LogP contribution in [0.25, 0.3) is 11.3 Å². The number of nitrogens with zero attached hydrogens (tertiary/aromatic N) is 1. The van der Waals surface area contributed by atoms with Gasteiger partial charge in [-0.05, 0) is 35.4 Å². The maximum absolute atomic E-state index is 12.9. The summed E-state index contributed by atoms with van der Waals surface area (Å²) in [5.41, 5.74) is 4.06. The topological polar surface area (TPSA) is 80.3 Å². The summed E-state index contributed by atoms with van der Waals surface area (Å²) in [6.07, 6.45) is 0. The molecule has 0 unspecified atom stereocenters. The van der Waals surface area contributed by atoms with Crippen molar-refractivity contribution in [2.45, 2.75) is 20.1 Å². The van der Waals surface area contributed by atoms with Gasteiger partial charge >= 0.3 is 0 Å². The zero-order valence-corrected chi connectivity index (χ0v) is 20.0. The van der Waals surface area contributed by atoms with Gasteiger partial charge in [-0.25, -0.2) is 4.98 Å². The van der Waals surface area contributed by atoms with E-state index in [4.69, 9.17) is 16.3 Å². The number of carbonyl (C=O) groups excluding carboxylic acids is 2. The van der Waals surface area contributed by atoms with E-state index in [1.54, 1.807) is 30.3 Å². The van der Waals surface area contributed by atoms with Crippen molar-refractivity contribution in [1.82, 2.24) is 10.3 Å². The van der Waals surface area contributed by atoms with E-state index in [9.17, 15) is 9.59 Å². The Hall–Kier alpha value is -3.68. The molecule has 0 fully saturated rings. The molecule has 172 valence electrons. The van der Waals surface area contributed by atoms with Crippen LogP contribution in [0.3, 0.4) is 0 Å². The molecule has 0 saturated carbocycles. The maximum Gasteiger partial charge on any atom is 0.261 e. The summed E-state index contributed by atoms with van der Waals surface area (Å²) >= 11 is 7.28. The molecule has 0 aliphatic carbocycles. The fourth-order valence-corrected chi connectivity index (χ4v) is 4.01. The summed E-state index contributed by atoms with van der Waals surface area (Å²) in [6.45, 7) is 2.29. The first-order valence-electron chi connectivity index (χ1n) is 10.5. The molecule has 1 aromatic heterocycles. The zero-order valence-electron chi connectivity index (χ0n) is 18.4. The number of hydrogen-bond acceptors (Lipinski definition) is 5. The van der Waals surface area contributed by atoms with Crippen molar-refractivity contribution in [1.29, 1.82) is 0 Å². The Kier molecular flexibility index (Phi) is 7.57. The van der Waals surface area contributed by atoms with Gasteiger partial charge in [-0.3, -0.25) is 14.9 Å². The van der Waals surface area contributed by atoms with Gasteiger partial charge in [-0.2, -0.15) is 0 Å². The second-order valence-corrected chi connectivity index (χ2v) is 8.80. The summed E-state index contributed by atoms with van der Waals surface area (Å²) in [5.74, 6) is 0.126. The van der Waals surface area contributed by atoms with Gasteiger partial charge in [-0.15, -0.1) is 11.3 Å². The summed E-state index contributed by atoms with van der Waals surface area (Å²) in [4.78, 5) is 28.5. The number of ether oxygens (including phenoxy) is 1.